The topological polar surface area (TPSA) is 21.1 Å². The third-order valence-electron chi connectivity index (χ3n) is 3.66. The first-order valence-corrected chi connectivity index (χ1v) is 7.54. The Labute approximate surface area is 112 Å². The number of hydrogen-bond acceptors (Lipinski definition) is 3. The van der Waals surface area contributed by atoms with Crippen LogP contribution in [-0.4, -0.2) is 27.5 Å². The molecule has 0 spiro atoms. The summed E-state index contributed by atoms with van der Waals surface area (Å²) < 4.78 is 2.16. The molecule has 2 aromatic heterocycles. The van der Waals surface area contributed by atoms with Gasteiger partial charge in [-0.25, -0.2) is 4.98 Å². The molecule has 2 aromatic rings. The Morgan fingerprint density at radius 1 is 1.39 bits per heavy atom. The minimum absolute atomic E-state index is 0.674. The Balaban J connectivity index is 1.52. The molecule has 3 rings (SSSR count). The Morgan fingerprint density at radius 2 is 2.39 bits per heavy atom. The standard InChI is InChI=1S/C14H19N3S/c1-4-13(14-5-2-11-18-14)17(8-1)9-3-7-16-10-6-15-12-16/h2,5-6,10-13H,1,3-4,7-9H2/t13-/m0/s1. The summed E-state index contributed by atoms with van der Waals surface area (Å²) in [4.78, 5) is 8.26. The fourth-order valence-corrected chi connectivity index (χ4v) is 3.67. The van der Waals surface area contributed by atoms with Crippen molar-refractivity contribution in [1.82, 2.24) is 14.5 Å². The van der Waals surface area contributed by atoms with E-state index in [1.165, 1.54) is 37.2 Å². The maximum Gasteiger partial charge on any atom is 0.0945 e. The van der Waals surface area contributed by atoms with E-state index in [1.54, 1.807) is 0 Å². The number of aromatic nitrogens is 2. The van der Waals surface area contributed by atoms with E-state index in [0.717, 1.165) is 6.54 Å². The van der Waals surface area contributed by atoms with Gasteiger partial charge in [0.05, 0.1) is 6.33 Å². The monoisotopic (exact) mass is 261 g/mol. The zero-order chi connectivity index (χ0) is 12.2. The number of aryl methyl sites for hydroxylation is 1. The van der Waals surface area contributed by atoms with Gasteiger partial charge in [0.2, 0.25) is 0 Å². The van der Waals surface area contributed by atoms with Crippen LogP contribution in [0.4, 0.5) is 0 Å². The molecular formula is C14H19N3S. The molecule has 0 amide bonds. The Hall–Kier alpha value is -1.13. The zero-order valence-electron chi connectivity index (χ0n) is 10.5. The number of likely N-dealkylation sites (tertiary alicyclic amines) is 1. The zero-order valence-corrected chi connectivity index (χ0v) is 11.4. The molecule has 3 heterocycles. The lowest BCUT2D eigenvalue weighted by Crippen LogP contribution is -2.24. The molecule has 1 aliphatic heterocycles. The molecule has 1 saturated heterocycles. The highest BCUT2D eigenvalue weighted by atomic mass is 32.1. The van der Waals surface area contributed by atoms with Crippen LogP contribution in [0.25, 0.3) is 0 Å². The Bertz CT molecular complexity index is 449. The number of hydrogen-bond donors (Lipinski definition) is 0. The van der Waals surface area contributed by atoms with Crippen molar-refractivity contribution in [2.45, 2.75) is 31.8 Å². The van der Waals surface area contributed by atoms with E-state index < -0.39 is 0 Å². The SMILES string of the molecule is c1csc([C@@H]2CCCN2CCCn2ccnc2)c1. The molecule has 0 radical (unpaired) electrons. The van der Waals surface area contributed by atoms with Crippen LogP contribution in [0.2, 0.25) is 0 Å². The average Bonchev–Trinajstić information content (AvgIpc) is 3.12. The molecule has 1 atom stereocenters. The highest BCUT2D eigenvalue weighted by Gasteiger charge is 2.25. The van der Waals surface area contributed by atoms with Crippen molar-refractivity contribution in [2.24, 2.45) is 0 Å². The summed E-state index contributed by atoms with van der Waals surface area (Å²) in [7, 11) is 0. The first-order chi connectivity index (χ1) is 8.93. The van der Waals surface area contributed by atoms with Crippen LogP contribution in [0.3, 0.4) is 0 Å². The number of imidazole rings is 1. The summed E-state index contributed by atoms with van der Waals surface area (Å²) in [5.74, 6) is 0. The highest BCUT2D eigenvalue weighted by molar-refractivity contribution is 7.10. The van der Waals surface area contributed by atoms with Gasteiger partial charge in [0.15, 0.2) is 0 Å². The van der Waals surface area contributed by atoms with Crippen molar-refractivity contribution in [1.29, 1.82) is 0 Å². The van der Waals surface area contributed by atoms with Crippen LogP contribution < -0.4 is 0 Å². The van der Waals surface area contributed by atoms with Crippen LogP contribution in [-0.2, 0) is 6.54 Å². The maximum absolute atomic E-state index is 4.08. The number of rotatable bonds is 5. The highest BCUT2D eigenvalue weighted by Crippen LogP contribution is 2.34. The molecule has 0 unspecified atom stereocenters. The molecule has 96 valence electrons. The summed E-state index contributed by atoms with van der Waals surface area (Å²) in [5.41, 5.74) is 0. The fourth-order valence-electron chi connectivity index (χ4n) is 2.77. The maximum atomic E-state index is 4.08. The van der Waals surface area contributed by atoms with E-state index in [2.05, 4.69) is 32.0 Å². The first-order valence-electron chi connectivity index (χ1n) is 6.67. The van der Waals surface area contributed by atoms with Crippen molar-refractivity contribution in [3.05, 3.63) is 41.1 Å². The fraction of sp³-hybridized carbons (Fsp3) is 0.500. The van der Waals surface area contributed by atoms with Crippen molar-refractivity contribution in [3.63, 3.8) is 0 Å². The van der Waals surface area contributed by atoms with Gasteiger partial charge in [0.1, 0.15) is 0 Å². The summed E-state index contributed by atoms with van der Waals surface area (Å²) >= 11 is 1.90. The number of thiophene rings is 1. The van der Waals surface area contributed by atoms with Gasteiger partial charge < -0.3 is 4.57 Å². The molecule has 18 heavy (non-hydrogen) atoms. The molecule has 0 aliphatic carbocycles. The summed E-state index contributed by atoms with van der Waals surface area (Å²) in [5, 5.41) is 2.19. The second-order valence-corrected chi connectivity index (χ2v) is 5.84. The normalized spacial score (nSPS) is 20.6. The molecule has 1 fully saturated rings. The molecule has 0 bridgehead atoms. The Kier molecular flexibility index (Phi) is 3.76. The molecule has 4 heteroatoms. The lowest BCUT2D eigenvalue weighted by molar-refractivity contribution is 0.252. The van der Waals surface area contributed by atoms with Crippen LogP contribution in [0.5, 0.6) is 0 Å². The van der Waals surface area contributed by atoms with Crippen molar-refractivity contribution in [2.75, 3.05) is 13.1 Å². The van der Waals surface area contributed by atoms with E-state index in [1.807, 2.05) is 30.1 Å². The van der Waals surface area contributed by atoms with E-state index >= 15 is 0 Å². The molecule has 0 saturated carbocycles. The quantitative estimate of drug-likeness (QED) is 0.824. The predicted octanol–water partition coefficient (Wildman–Crippen LogP) is 3.17. The summed E-state index contributed by atoms with van der Waals surface area (Å²) in [6.07, 6.45) is 9.67. The molecule has 3 nitrogen and oxygen atoms in total. The number of nitrogens with zero attached hydrogens (tertiary/aromatic N) is 3. The van der Waals surface area contributed by atoms with Gasteiger partial charge in [0.25, 0.3) is 0 Å². The second kappa shape index (κ2) is 5.67. The molecule has 1 aliphatic rings. The van der Waals surface area contributed by atoms with Gasteiger partial charge in [-0.1, -0.05) is 6.07 Å². The summed E-state index contributed by atoms with van der Waals surface area (Å²) in [6, 6.07) is 5.12. The second-order valence-electron chi connectivity index (χ2n) is 4.86. The van der Waals surface area contributed by atoms with Gasteiger partial charge in [-0.2, -0.15) is 0 Å². The van der Waals surface area contributed by atoms with Crippen LogP contribution in [0.15, 0.2) is 36.2 Å². The van der Waals surface area contributed by atoms with E-state index in [9.17, 15) is 0 Å². The smallest absolute Gasteiger partial charge is 0.0945 e. The van der Waals surface area contributed by atoms with E-state index in [4.69, 9.17) is 0 Å². The van der Waals surface area contributed by atoms with Crippen molar-refractivity contribution < 1.29 is 0 Å². The van der Waals surface area contributed by atoms with Crippen LogP contribution >= 0.6 is 11.3 Å². The third kappa shape index (κ3) is 2.65. The largest absolute Gasteiger partial charge is 0.337 e. The van der Waals surface area contributed by atoms with Gasteiger partial charge in [0, 0.05) is 36.4 Å². The molecular weight excluding hydrogens is 242 g/mol. The molecule has 0 N–H and O–H groups in total. The van der Waals surface area contributed by atoms with Crippen molar-refractivity contribution >= 4 is 11.3 Å². The minimum atomic E-state index is 0.674. The first kappa shape index (κ1) is 11.9. The van der Waals surface area contributed by atoms with Crippen molar-refractivity contribution in [3.8, 4) is 0 Å². The van der Waals surface area contributed by atoms with Gasteiger partial charge in [-0.05, 0) is 37.3 Å². The summed E-state index contributed by atoms with van der Waals surface area (Å²) in [6.45, 7) is 3.53. The van der Waals surface area contributed by atoms with Crippen LogP contribution in [0, 0.1) is 0 Å². The molecule has 0 aromatic carbocycles. The average molecular weight is 261 g/mol. The van der Waals surface area contributed by atoms with E-state index in [-0.39, 0.29) is 0 Å². The minimum Gasteiger partial charge on any atom is -0.337 e. The van der Waals surface area contributed by atoms with Crippen LogP contribution in [0.1, 0.15) is 30.2 Å². The van der Waals surface area contributed by atoms with Gasteiger partial charge >= 0.3 is 0 Å². The van der Waals surface area contributed by atoms with Gasteiger partial charge in [-0.3, -0.25) is 4.90 Å². The van der Waals surface area contributed by atoms with E-state index in [0.29, 0.717) is 6.04 Å². The Morgan fingerprint density at radius 3 is 3.17 bits per heavy atom. The third-order valence-corrected chi connectivity index (χ3v) is 4.63. The van der Waals surface area contributed by atoms with Gasteiger partial charge in [-0.15, -0.1) is 11.3 Å². The predicted molar refractivity (Wildman–Crippen MR) is 74.7 cm³/mol. The lowest BCUT2D eigenvalue weighted by atomic mass is 10.2. The lowest BCUT2D eigenvalue weighted by Gasteiger charge is -2.23.